The minimum atomic E-state index is -3.40. The van der Waals surface area contributed by atoms with E-state index in [0.29, 0.717) is 12.8 Å². The molecule has 0 radical (unpaired) electrons. The molecule has 0 atom stereocenters. The van der Waals surface area contributed by atoms with Gasteiger partial charge in [-0.05, 0) is 26.7 Å². The molecule has 1 aliphatic carbocycles. The Balaban J connectivity index is 2.67. The van der Waals surface area contributed by atoms with Gasteiger partial charge >= 0.3 is 5.97 Å². The van der Waals surface area contributed by atoms with Crippen molar-refractivity contribution in [3.05, 3.63) is 0 Å². The lowest BCUT2D eigenvalue weighted by molar-refractivity contribution is -0.138. The van der Waals surface area contributed by atoms with Crippen LogP contribution >= 0.6 is 0 Å². The molecule has 0 amide bonds. The Hall–Kier alpha value is -0.620. The number of carbonyl (C=O) groups is 1. The number of hydrogen-bond acceptors (Lipinski definition) is 3. The Kier molecular flexibility index (Phi) is 4.55. The molecule has 2 N–H and O–H groups in total. The molecular weight excluding hydrogens is 242 g/mol. The zero-order chi connectivity index (χ0) is 13.1. The van der Waals surface area contributed by atoms with Gasteiger partial charge in [-0.3, -0.25) is 4.79 Å². The molecule has 5 nitrogen and oxygen atoms in total. The average molecular weight is 263 g/mol. The molecule has 0 aromatic rings. The van der Waals surface area contributed by atoms with Crippen LogP contribution in [0.5, 0.6) is 0 Å². The first kappa shape index (κ1) is 14.4. The topological polar surface area (TPSA) is 83.5 Å². The Morgan fingerprint density at radius 3 is 2.29 bits per heavy atom. The summed E-state index contributed by atoms with van der Waals surface area (Å²) in [4.78, 5) is 10.6. The normalized spacial score (nSPS) is 19.2. The first-order chi connectivity index (χ1) is 7.73. The summed E-state index contributed by atoms with van der Waals surface area (Å²) in [6, 6.07) is 0. The molecule has 0 spiro atoms. The molecule has 0 aromatic heterocycles. The highest BCUT2D eigenvalue weighted by molar-refractivity contribution is 7.90. The van der Waals surface area contributed by atoms with Crippen LogP contribution in [0.2, 0.25) is 0 Å². The van der Waals surface area contributed by atoms with E-state index in [1.807, 2.05) is 0 Å². The minimum absolute atomic E-state index is 0.209. The van der Waals surface area contributed by atoms with E-state index in [1.165, 1.54) is 0 Å². The maximum absolute atomic E-state index is 12.1. The lowest BCUT2D eigenvalue weighted by Gasteiger charge is -2.29. The van der Waals surface area contributed by atoms with Gasteiger partial charge in [0.1, 0.15) is 0 Å². The molecule has 1 fully saturated rings. The van der Waals surface area contributed by atoms with Gasteiger partial charge in [0.05, 0.1) is 11.7 Å². The van der Waals surface area contributed by atoms with Crippen molar-refractivity contribution >= 4 is 16.0 Å². The summed E-state index contributed by atoms with van der Waals surface area (Å²) in [6.07, 6.45) is 4.11. The van der Waals surface area contributed by atoms with Gasteiger partial charge in [-0.1, -0.05) is 19.3 Å². The largest absolute Gasteiger partial charge is 0.481 e. The standard InChI is InChI=1S/C11H21NO4S/c1-11(2,8-10(13)14)12-17(15,16)9-6-4-3-5-7-9/h9,12H,3-8H2,1-2H3,(H,13,14). The number of aliphatic carboxylic acids is 1. The van der Waals surface area contributed by atoms with Crippen molar-refractivity contribution in [3.8, 4) is 0 Å². The van der Waals surface area contributed by atoms with Crippen LogP contribution in [-0.4, -0.2) is 30.3 Å². The van der Waals surface area contributed by atoms with Gasteiger partial charge in [-0.15, -0.1) is 0 Å². The SMILES string of the molecule is CC(C)(CC(=O)O)NS(=O)(=O)C1CCCCC1. The van der Waals surface area contributed by atoms with Gasteiger partial charge in [-0.2, -0.15) is 0 Å². The van der Waals surface area contributed by atoms with Crippen LogP contribution < -0.4 is 4.72 Å². The molecule has 0 unspecified atom stereocenters. The first-order valence-electron chi connectivity index (χ1n) is 5.97. The second kappa shape index (κ2) is 5.35. The van der Waals surface area contributed by atoms with E-state index in [2.05, 4.69) is 4.72 Å². The predicted molar refractivity (Wildman–Crippen MR) is 65.3 cm³/mol. The number of hydrogen-bond donors (Lipinski definition) is 2. The van der Waals surface area contributed by atoms with Crippen molar-refractivity contribution in [2.75, 3.05) is 0 Å². The van der Waals surface area contributed by atoms with Crippen LogP contribution in [0.25, 0.3) is 0 Å². The molecule has 17 heavy (non-hydrogen) atoms. The van der Waals surface area contributed by atoms with Gasteiger partial charge in [0, 0.05) is 5.54 Å². The number of rotatable bonds is 5. The molecule has 0 bridgehead atoms. The van der Waals surface area contributed by atoms with Crippen LogP contribution in [0, 0.1) is 0 Å². The number of carboxylic acid groups (broad SMARTS) is 1. The lowest BCUT2D eigenvalue weighted by atomic mass is 10.0. The molecule has 100 valence electrons. The monoisotopic (exact) mass is 263 g/mol. The van der Waals surface area contributed by atoms with Crippen molar-refractivity contribution in [3.63, 3.8) is 0 Å². The molecule has 1 rings (SSSR count). The molecule has 0 saturated heterocycles. The molecule has 1 saturated carbocycles. The summed E-state index contributed by atoms with van der Waals surface area (Å²) in [7, 11) is -3.40. The summed E-state index contributed by atoms with van der Waals surface area (Å²) >= 11 is 0. The Labute approximate surface area is 103 Å². The molecule has 0 aliphatic heterocycles. The highest BCUT2D eigenvalue weighted by Gasteiger charge is 2.33. The van der Waals surface area contributed by atoms with E-state index in [4.69, 9.17) is 5.11 Å². The summed E-state index contributed by atoms with van der Waals surface area (Å²) in [5.41, 5.74) is -0.928. The third-order valence-electron chi connectivity index (χ3n) is 3.00. The lowest BCUT2D eigenvalue weighted by Crippen LogP contribution is -2.48. The van der Waals surface area contributed by atoms with Gasteiger partial charge in [0.25, 0.3) is 0 Å². The zero-order valence-electron chi connectivity index (χ0n) is 10.4. The highest BCUT2D eigenvalue weighted by Crippen LogP contribution is 2.24. The summed E-state index contributed by atoms with van der Waals surface area (Å²) < 4.78 is 26.7. The van der Waals surface area contributed by atoms with Crippen LogP contribution in [0.15, 0.2) is 0 Å². The zero-order valence-corrected chi connectivity index (χ0v) is 11.2. The first-order valence-corrected chi connectivity index (χ1v) is 7.52. The molecule has 0 heterocycles. The van der Waals surface area contributed by atoms with E-state index >= 15 is 0 Å². The fourth-order valence-electron chi connectivity index (χ4n) is 2.26. The molecular formula is C11H21NO4S. The Bertz CT molecular complexity index is 369. The fourth-order valence-corrected chi connectivity index (χ4v) is 4.22. The van der Waals surface area contributed by atoms with Crippen LogP contribution in [0.4, 0.5) is 0 Å². The highest BCUT2D eigenvalue weighted by atomic mass is 32.2. The van der Waals surface area contributed by atoms with Crippen molar-refractivity contribution in [2.24, 2.45) is 0 Å². The van der Waals surface area contributed by atoms with Gasteiger partial charge in [0.2, 0.25) is 10.0 Å². The number of sulfonamides is 1. The average Bonchev–Trinajstić information content (AvgIpc) is 2.15. The van der Waals surface area contributed by atoms with E-state index < -0.39 is 21.5 Å². The minimum Gasteiger partial charge on any atom is -0.481 e. The second-order valence-electron chi connectivity index (χ2n) is 5.36. The molecule has 0 aromatic carbocycles. The van der Waals surface area contributed by atoms with E-state index in [9.17, 15) is 13.2 Å². The van der Waals surface area contributed by atoms with Crippen molar-refractivity contribution in [1.29, 1.82) is 0 Å². The van der Waals surface area contributed by atoms with Gasteiger partial charge in [-0.25, -0.2) is 13.1 Å². The number of carboxylic acids is 1. The molecule has 1 aliphatic rings. The third kappa shape index (κ3) is 4.63. The van der Waals surface area contributed by atoms with Crippen molar-refractivity contribution in [2.45, 2.75) is 63.2 Å². The van der Waals surface area contributed by atoms with Crippen LogP contribution in [-0.2, 0) is 14.8 Å². The predicted octanol–water partition coefficient (Wildman–Crippen LogP) is 1.49. The van der Waals surface area contributed by atoms with Gasteiger partial charge < -0.3 is 5.11 Å². The molecule has 6 heteroatoms. The van der Waals surface area contributed by atoms with Crippen LogP contribution in [0.1, 0.15) is 52.4 Å². The summed E-state index contributed by atoms with van der Waals surface area (Å²) in [6.45, 7) is 3.20. The van der Waals surface area contributed by atoms with Crippen molar-refractivity contribution < 1.29 is 18.3 Å². The maximum atomic E-state index is 12.1. The van der Waals surface area contributed by atoms with Crippen LogP contribution in [0.3, 0.4) is 0 Å². The number of nitrogens with one attached hydrogen (secondary N) is 1. The Morgan fingerprint density at radius 1 is 1.29 bits per heavy atom. The van der Waals surface area contributed by atoms with E-state index in [1.54, 1.807) is 13.8 Å². The third-order valence-corrected chi connectivity index (χ3v) is 5.19. The summed E-state index contributed by atoms with van der Waals surface area (Å²) in [5, 5.41) is 8.36. The smallest absolute Gasteiger partial charge is 0.305 e. The van der Waals surface area contributed by atoms with Gasteiger partial charge in [0.15, 0.2) is 0 Å². The van der Waals surface area contributed by atoms with Crippen molar-refractivity contribution in [1.82, 2.24) is 4.72 Å². The Morgan fingerprint density at radius 2 is 1.82 bits per heavy atom. The summed E-state index contributed by atoms with van der Waals surface area (Å²) in [5.74, 6) is -0.999. The van der Waals surface area contributed by atoms with E-state index in [-0.39, 0.29) is 11.7 Å². The second-order valence-corrected chi connectivity index (χ2v) is 7.32. The van der Waals surface area contributed by atoms with E-state index in [0.717, 1.165) is 19.3 Å². The quantitative estimate of drug-likeness (QED) is 0.787. The maximum Gasteiger partial charge on any atom is 0.305 e. The fraction of sp³-hybridized carbons (Fsp3) is 0.909.